The molecule has 0 bridgehead atoms. The summed E-state index contributed by atoms with van der Waals surface area (Å²) in [7, 11) is 4.72. The molecule has 0 spiro atoms. The first-order valence-corrected chi connectivity index (χ1v) is 10.7. The molecule has 1 aliphatic heterocycles. The van der Waals surface area contributed by atoms with Gasteiger partial charge in [-0.1, -0.05) is 6.07 Å². The second-order valence-corrected chi connectivity index (χ2v) is 7.50. The summed E-state index contributed by atoms with van der Waals surface area (Å²) in [5.41, 5.74) is 3.57. The molecule has 0 atom stereocenters. The van der Waals surface area contributed by atoms with Crippen LogP contribution in [-0.4, -0.2) is 33.9 Å². The zero-order valence-electron chi connectivity index (χ0n) is 19.4. The lowest BCUT2D eigenvalue weighted by Gasteiger charge is -2.26. The van der Waals surface area contributed by atoms with Crippen LogP contribution >= 0.6 is 0 Å². The topological polar surface area (TPSA) is 63.2 Å². The molecule has 0 aromatic heterocycles. The zero-order chi connectivity index (χ0) is 24.2. The lowest BCUT2D eigenvalue weighted by Crippen LogP contribution is -2.11. The molecule has 1 heterocycles. The SMILES string of the molecule is CCOC(=O)c1ccc(C2=C(c3ccc(OC)cc3)OCc3cc(OC)c(OC)cc32)cc1F. The molecule has 0 fully saturated rings. The Bertz CT molecular complexity index is 1250. The number of halogens is 1. The van der Waals surface area contributed by atoms with Crippen LogP contribution in [0, 0.1) is 5.82 Å². The number of rotatable bonds is 7. The molecule has 0 aliphatic carbocycles. The molecule has 0 saturated carbocycles. The first-order chi connectivity index (χ1) is 16.5. The van der Waals surface area contributed by atoms with E-state index in [-0.39, 0.29) is 12.2 Å². The van der Waals surface area contributed by atoms with Gasteiger partial charge in [0.05, 0.1) is 33.5 Å². The largest absolute Gasteiger partial charge is 0.497 e. The molecule has 7 heteroatoms. The minimum atomic E-state index is -0.706. The molecule has 3 aromatic rings. The molecule has 0 saturated heterocycles. The molecule has 0 amide bonds. The summed E-state index contributed by atoms with van der Waals surface area (Å²) >= 11 is 0. The molecule has 6 nitrogen and oxygen atoms in total. The molecule has 0 N–H and O–H groups in total. The fourth-order valence-corrected chi connectivity index (χ4v) is 3.92. The van der Waals surface area contributed by atoms with E-state index in [1.165, 1.54) is 12.1 Å². The van der Waals surface area contributed by atoms with Crippen molar-refractivity contribution in [2.75, 3.05) is 27.9 Å². The van der Waals surface area contributed by atoms with Crippen molar-refractivity contribution in [3.63, 3.8) is 0 Å². The summed E-state index contributed by atoms with van der Waals surface area (Å²) in [5.74, 6) is 1.01. The summed E-state index contributed by atoms with van der Waals surface area (Å²) < 4.78 is 42.4. The van der Waals surface area contributed by atoms with E-state index in [1.807, 2.05) is 36.4 Å². The van der Waals surface area contributed by atoms with Crippen molar-refractivity contribution < 1.29 is 32.9 Å². The van der Waals surface area contributed by atoms with E-state index in [9.17, 15) is 4.79 Å². The lowest BCUT2D eigenvalue weighted by molar-refractivity contribution is 0.0521. The van der Waals surface area contributed by atoms with E-state index in [0.717, 1.165) is 16.7 Å². The van der Waals surface area contributed by atoms with Crippen LogP contribution in [0.25, 0.3) is 11.3 Å². The third kappa shape index (κ3) is 4.29. The zero-order valence-corrected chi connectivity index (χ0v) is 19.4. The molecule has 3 aromatic carbocycles. The Kier molecular flexibility index (Phi) is 6.72. The van der Waals surface area contributed by atoms with Gasteiger partial charge in [0.25, 0.3) is 0 Å². The predicted molar refractivity (Wildman–Crippen MR) is 126 cm³/mol. The van der Waals surface area contributed by atoms with Gasteiger partial charge in [-0.15, -0.1) is 0 Å². The Morgan fingerprint density at radius 1 is 0.912 bits per heavy atom. The highest BCUT2D eigenvalue weighted by Crippen LogP contribution is 2.43. The first-order valence-electron chi connectivity index (χ1n) is 10.7. The molecular weight excluding hydrogens is 439 g/mol. The standard InChI is InChI=1S/C27H25FO6/c1-5-33-27(29)20-11-8-17(12-22(20)28)25-21-14-24(32-4)23(31-3)13-18(21)15-34-26(25)16-6-9-19(30-2)10-7-16/h6-14H,5,15H2,1-4H3. The van der Waals surface area contributed by atoms with Gasteiger partial charge < -0.3 is 23.7 Å². The number of esters is 1. The van der Waals surface area contributed by atoms with Crippen molar-refractivity contribution in [3.05, 3.63) is 88.2 Å². The highest BCUT2D eigenvalue weighted by atomic mass is 19.1. The van der Waals surface area contributed by atoms with Crippen LogP contribution < -0.4 is 14.2 Å². The van der Waals surface area contributed by atoms with Crippen LogP contribution in [0.1, 0.15) is 39.5 Å². The number of carbonyl (C=O) groups is 1. The molecule has 34 heavy (non-hydrogen) atoms. The van der Waals surface area contributed by atoms with Crippen LogP contribution in [0.3, 0.4) is 0 Å². The molecule has 176 valence electrons. The minimum absolute atomic E-state index is 0.124. The summed E-state index contributed by atoms with van der Waals surface area (Å²) in [4.78, 5) is 12.1. The summed E-state index contributed by atoms with van der Waals surface area (Å²) in [6.07, 6.45) is 0. The van der Waals surface area contributed by atoms with Crippen LogP contribution in [0.4, 0.5) is 4.39 Å². The van der Waals surface area contributed by atoms with E-state index in [1.54, 1.807) is 34.3 Å². The Morgan fingerprint density at radius 2 is 1.59 bits per heavy atom. The number of hydrogen-bond acceptors (Lipinski definition) is 6. The van der Waals surface area contributed by atoms with Crippen LogP contribution in [0.2, 0.25) is 0 Å². The Morgan fingerprint density at radius 3 is 2.21 bits per heavy atom. The van der Waals surface area contributed by atoms with Crippen LogP contribution in [0.5, 0.6) is 17.2 Å². The quantitative estimate of drug-likeness (QED) is 0.432. The maximum Gasteiger partial charge on any atom is 0.341 e. The normalized spacial score (nSPS) is 12.5. The third-order valence-electron chi connectivity index (χ3n) is 5.58. The van der Waals surface area contributed by atoms with Crippen LogP contribution in [-0.2, 0) is 16.1 Å². The average Bonchev–Trinajstić information content (AvgIpc) is 2.87. The van der Waals surface area contributed by atoms with E-state index >= 15 is 4.39 Å². The third-order valence-corrected chi connectivity index (χ3v) is 5.58. The molecular formula is C27H25FO6. The fourth-order valence-electron chi connectivity index (χ4n) is 3.92. The van der Waals surface area contributed by atoms with Gasteiger partial charge in [0.2, 0.25) is 0 Å². The van der Waals surface area contributed by atoms with E-state index in [2.05, 4.69) is 0 Å². The minimum Gasteiger partial charge on any atom is -0.497 e. The van der Waals surface area contributed by atoms with Crippen molar-refractivity contribution in [2.45, 2.75) is 13.5 Å². The average molecular weight is 464 g/mol. The molecule has 0 unspecified atom stereocenters. The van der Waals surface area contributed by atoms with E-state index < -0.39 is 11.8 Å². The monoisotopic (exact) mass is 464 g/mol. The number of carbonyl (C=O) groups excluding carboxylic acids is 1. The highest BCUT2D eigenvalue weighted by molar-refractivity contribution is 5.99. The second-order valence-electron chi connectivity index (χ2n) is 7.50. The van der Waals surface area contributed by atoms with Gasteiger partial charge in [-0.05, 0) is 66.6 Å². The smallest absolute Gasteiger partial charge is 0.341 e. The summed E-state index contributed by atoms with van der Waals surface area (Å²) in [5, 5.41) is 0. The van der Waals surface area contributed by atoms with Gasteiger partial charge in [-0.2, -0.15) is 0 Å². The predicted octanol–water partition coefficient (Wildman–Crippen LogP) is 5.48. The number of benzene rings is 3. The van der Waals surface area contributed by atoms with Gasteiger partial charge in [-0.3, -0.25) is 0 Å². The molecule has 4 rings (SSSR count). The van der Waals surface area contributed by atoms with Gasteiger partial charge in [0, 0.05) is 16.7 Å². The lowest BCUT2D eigenvalue weighted by atomic mass is 9.88. The first kappa shape index (κ1) is 23.2. The summed E-state index contributed by atoms with van der Waals surface area (Å²) in [6.45, 7) is 2.13. The maximum absolute atomic E-state index is 15.0. The van der Waals surface area contributed by atoms with Crippen molar-refractivity contribution in [2.24, 2.45) is 0 Å². The molecule has 1 aliphatic rings. The fraction of sp³-hybridized carbons (Fsp3) is 0.222. The highest BCUT2D eigenvalue weighted by Gasteiger charge is 2.26. The number of methoxy groups -OCH3 is 3. The van der Waals surface area contributed by atoms with E-state index in [4.69, 9.17) is 23.7 Å². The molecule has 0 radical (unpaired) electrons. The Balaban J connectivity index is 1.93. The van der Waals surface area contributed by atoms with Gasteiger partial charge in [0.15, 0.2) is 11.5 Å². The van der Waals surface area contributed by atoms with Crippen molar-refractivity contribution in [3.8, 4) is 17.2 Å². The number of fused-ring (bicyclic) bond motifs is 1. The van der Waals surface area contributed by atoms with E-state index in [0.29, 0.717) is 40.8 Å². The Hall–Kier alpha value is -4.00. The number of hydrogen-bond donors (Lipinski definition) is 0. The second kappa shape index (κ2) is 9.87. The van der Waals surface area contributed by atoms with Crippen molar-refractivity contribution in [1.82, 2.24) is 0 Å². The summed E-state index contributed by atoms with van der Waals surface area (Å²) in [6, 6.07) is 15.6. The Labute approximate surface area is 197 Å². The van der Waals surface area contributed by atoms with Gasteiger partial charge >= 0.3 is 5.97 Å². The maximum atomic E-state index is 15.0. The number of ether oxygens (including phenoxy) is 5. The van der Waals surface area contributed by atoms with Crippen molar-refractivity contribution >= 4 is 17.3 Å². The van der Waals surface area contributed by atoms with Gasteiger partial charge in [-0.25, -0.2) is 9.18 Å². The van der Waals surface area contributed by atoms with Crippen molar-refractivity contribution in [1.29, 1.82) is 0 Å². The van der Waals surface area contributed by atoms with Gasteiger partial charge in [0.1, 0.15) is 23.9 Å². The van der Waals surface area contributed by atoms with Crippen LogP contribution in [0.15, 0.2) is 54.6 Å².